The van der Waals surface area contributed by atoms with Gasteiger partial charge in [-0.3, -0.25) is 4.79 Å². The summed E-state index contributed by atoms with van der Waals surface area (Å²) in [6.07, 6.45) is 1.73. The average Bonchev–Trinajstić information content (AvgIpc) is 2.53. The zero-order valence-electron chi connectivity index (χ0n) is 13.8. The molecule has 0 radical (unpaired) electrons. The van der Waals surface area contributed by atoms with E-state index in [0.717, 1.165) is 12.8 Å². The monoisotopic (exact) mass is 377 g/mol. The van der Waals surface area contributed by atoms with Crippen LogP contribution in [0.15, 0.2) is 23.1 Å². The number of rotatable bonds is 5. The zero-order valence-corrected chi connectivity index (χ0v) is 15.4. The summed E-state index contributed by atoms with van der Waals surface area (Å²) >= 11 is 0. The van der Waals surface area contributed by atoms with E-state index in [2.05, 4.69) is 0 Å². The van der Waals surface area contributed by atoms with Crippen molar-refractivity contribution in [2.45, 2.75) is 30.7 Å². The van der Waals surface area contributed by atoms with Gasteiger partial charge in [0.05, 0.1) is 17.6 Å². The van der Waals surface area contributed by atoms with Crippen molar-refractivity contribution in [2.24, 2.45) is 17.4 Å². The lowest BCUT2D eigenvalue weighted by molar-refractivity contribution is 0.0997. The van der Waals surface area contributed by atoms with Crippen LogP contribution >= 0.6 is 12.4 Å². The molecule has 2 unspecified atom stereocenters. The molecule has 1 amide bonds. The van der Waals surface area contributed by atoms with Crippen LogP contribution in [-0.4, -0.2) is 44.9 Å². The summed E-state index contributed by atoms with van der Waals surface area (Å²) in [5.41, 5.74) is 11.1. The SMILES string of the molecule is COc1ccc(S(=O)(=O)N2CCCC(C)C2CN)cc1C(N)=O.Cl. The minimum absolute atomic E-state index is 0. The van der Waals surface area contributed by atoms with Crippen molar-refractivity contribution in [1.82, 2.24) is 4.31 Å². The normalized spacial score (nSPS) is 21.8. The van der Waals surface area contributed by atoms with Gasteiger partial charge in [0.1, 0.15) is 5.75 Å². The van der Waals surface area contributed by atoms with E-state index in [0.29, 0.717) is 6.54 Å². The van der Waals surface area contributed by atoms with E-state index >= 15 is 0 Å². The Bertz CT molecular complexity index is 696. The molecule has 1 aliphatic rings. The molecular formula is C15H24ClN3O4S. The maximum absolute atomic E-state index is 13.0. The van der Waals surface area contributed by atoms with Gasteiger partial charge in [0.15, 0.2) is 0 Å². The fraction of sp³-hybridized carbons (Fsp3) is 0.533. The number of hydrogen-bond acceptors (Lipinski definition) is 5. The van der Waals surface area contributed by atoms with Crippen molar-refractivity contribution < 1.29 is 17.9 Å². The lowest BCUT2D eigenvalue weighted by atomic mass is 9.93. The lowest BCUT2D eigenvalue weighted by Crippen LogP contribution is -2.51. The number of sulfonamides is 1. The molecule has 1 fully saturated rings. The number of carbonyl (C=O) groups is 1. The molecule has 0 bridgehead atoms. The van der Waals surface area contributed by atoms with E-state index in [1.807, 2.05) is 6.92 Å². The van der Waals surface area contributed by atoms with Gasteiger partial charge in [-0.15, -0.1) is 12.4 Å². The van der Waals surface area contributed by atoms with Gasteiger partial charge in [-0.25, -0.2) is 8.42 Å². The first-order valence-electron chi connectivity index (χ1n) is 7.52. The predicted molar refractivity (Wildman–Crippen MR) is 93.9 cm³/mol. The number of carbonyl (C=O) groups excluding carboxylic acids is 1. The van der Waals surface area contributed by atoms with Gasteiger partial charge in [0.25, 0.3) is 5.91 Å². The zero-order chi connectivity index (χ0) is 17.2. The molecule has 2 rings (SSSR count). The summed E-state index contributed by atoms with van der Waals surface area (Å²) in [4.78, 5) is 11.5. The van der Waals surface area contributed by atoms with Gasteiger partial charge in [0, 0.05) is 19.1 Å². The summed E-state index contributed by atoms with van der Waals surface area (Å²) in [6, 6.07) is 3.89. The Morgan fingerprint density at radius 3 is 2.62 bits per heavy atom. The molecule has 1 heterocycles. The molecule has 1 aliphatic heterocycles. The Balaban J connectivity index is 0.00000288. The molecule has 9 heteroatoms. The third kappa shape index (κ3) is 3.83. The molecule has 4 N–H and O–H groups in total. The van der Waals surface area contributed by atoms with Crippen molar-refractivity contribution in [3.05, 3.63) is 23.8 Å². The van der Waals surface area contributed by atoms with Crippen molar-refractivity contribution >= 4 is 28.3 Å². The van der Waals surface area contributed by atoms with E-state index in [1.54, 1.807) is 0 Å². The smallest absolute Gasteiger partial charge is 0.252 e. The van der Waals surface area contributed by atoms with Gasteiger partial charge in [-0.2, -0.15) is 4.31 Å². The Hall–Kier alpha value is -1.35. The maximum Gasteiger partial charge on any atom is 0.252 e. The number of hydrogen-bond donors (Lipinski definition) is 2. The molecule has 2 atom stereocenters. The first-order chi connectivity index (χ1) is 10.8. The van der Waals surface area contributed by atoms with Crippen molar-refractivity contribution in [1.29, 1.82) is 0 Å². The Kier molecular flexibility index (Phi) is 7.03. The highest BCUT2D eigenvalue weighted by atomic mass is 35.5. The van der Waals surface area contributed by atoms with E-state index in [1.165, 1.54) is 29.6 Å². The number of halogens is 1. The highest BCUT2D eigenvalue weighted by Crippen LogP contribution is 2.30. The molecule has 0 spiro atoms. The molecule has 1 aromatic rings. The lowest BCUT2D eigenvalue weighted by Gasteiger charge is -2.38. The van der Waals surface area contributed by atoms with Crippen LogP contribution in [-0.2, 0) is 10.0 Å². The van der Waals surface area contributed by atoms with Crippen LogP contribution in [0.1, 0.15) is 30.1 Å². The Morgan fingerprint density at radius 2 is 2.08 bits per heavy atom. The van der Waals surface area contributed by atoms with Gasteiger partial charge in [0.2, 0.25) is 10.0 Å². The standard InChI is InChI=1S/C15H23N3O4S.ClH/c1-10-4-3-7-18(13(10)9-16)23(20,21)11-5-6-14(22-2)12(8-11)15(17)19;/h5-6,8,10,13H,3-4,7,9,16H2,1-2H3,(H2,17,19);1H. The maximum atomic E-state index is 13.0. The summed E-state index contributed by atoms with van der Waals surface area (Å²) in [5.74, 6) is -0.294. The van der Waals surface area contributed by atoms with Crippen LogP contribution in [0.2, 0.25) is 0 Å². The Labute approximate surface area is 148 Å². The summed E-state index contributed by atoms with van der Waals surface area (Å²) in [7, 11) is -2.35. The average molecular weight is 378 g/mol. The van der Waals surface area contributed by atoms with Gasteiger partial charge in [-0.1, -0.05) is 6.92 Å². The molecule has 0 saturated carbocycles. The Morgan fingerprint density at radius 1 is 1.42 bits per heavy atom. The van der Waals surface area contributed by atoms with Crippen LogP contribution in [0.5, 0.6) is 5.75 Å². The van der Waals surface area contributed by atoms with Crippen LogP contribution in [0, 0.1) is 5.92 Å². The topological polar surface area (TPSA) is 116 Å². The third-order valence-electron chi connectivity index (χ3n) is 4.35. The highest BCUT2D eigenvalue weighted by molar-refractivity contribution is 7.89. The molecule has 1 aromatic carbocycles. The minimum Gasteiger partial charge on any atom is -0.496 e. The molecule has 1 saturated heterocycles. The number of methoxy groups -OCH3 is 1. The van der Waals surface area contributed by atoms with E-state index in [4.69, 9.17) is 16.2 Å². The summed E-state index contributed by atoms with van der Waals surface area (Å²) in [5, 5.41) is 0. The largest absolute Gasteiger partial charge is 0.496 e. The fourth-order valence-electron chi connectivity index (χ4n) is 3.03. The highest BCUT2D eigenvalue weighted by Gasteiger charge is 2.36. The number of piperidine rings is 1. The number of amides is 1. The molecule has 0 aliphatic carbocycles. The number of nitrogens with zero attached hydrogens (tertiary/aromatic N) is 1. The number of nitrogens with two attached hydrogens (primary N) is 2. The minimum atomic E-state index is -3.75. The summed E-state index contributed by atoms with van der Waals surface area (Å²) < 4.78 is 32.4. The first-order valence-corrected chi connectivity index (χ1v) is 8.96. The van der Waals surface area contributed by atoms with E-state index < -0.39 is 15.9 Å². The fourth-order valence-corrected chi connectivity index (χ4v) is 4.83. The van der Waals surface area contributed by atoms with Crippen molar-refractivity contribution in [3.8, 4) is 5.75 Å². The number of ether oxygens (including phenoxy) is 1. The second kappa shape index (κ2) is 8.15. The third-order valence-corrected chi connectivity index (χ3v) is 6.27. The van der Waals surface area contributed by atoms with Crippen molar-refractivity contribution in [2.75, 3.05) is 20.2 Å². The molecule has 136 valence electrons. The van der Waals surface area contributed by atoms with Crippen LogP contribution in [0.4, 0.5) is 0 Å². The predicted octanol–water partition coefficient (Wildman–Crippen LogP) is 0.964. The van der Waals surface area contributed by atoms with Crippen LogP contribution in [0.25, 0.3) is 0 Å². The van der Waals surface area contributed by atoms with Gasteiger partial charge in [-0.05, 0) is 37.0 Å². The van der Waals surface area contributed by atoms with Crippen LogP contribution in [0.3, 0.4) is 0 Å². The van der Waals surface area contributed by atoms with E-state index in [9.17, 15) is 13.2 Å². The number of benzene rings is 1. The molecular weight excluding hydrogens is 354 g/mol. The van der Waals surface area contributed by atoms with E-state index in [-0.39, 0.29) is 47.1 Å². The quantitative estimate of drug-likeness (QED) is 0.792. The second-order valence-electron chi connectivity index (χ2n) is 5.76. The van der Waals surface area contributed by atoms with Gasteiger partial charge >= 0.3 is 0 Å². The van der Waals surface area contributed by atoms with Gasteiger partial charge < -0.3 is 16.2 Å². The van der Waals surface area contributed by atoms with Crippen LogP contribution < -0.4 is 16.2 Å². The molecule has 0 aromatic heterocycles. The summed E-state index contributed by atoms with van der Waals surface area (Å²) in [6.45, 7) is 2.69. The second-order valence-corrected chi connectivity index (χ2v) is 7.66. The molecule has 24 heavy (non-hydrogen) atoms. The number of primary amides is 1. The molecule has 7 nitrogen and oxygen atoms in total. The van der Waals surface area contributed by atoms with Crippen molar-refractivity contribution in [3.63, 3.8) is 0 Å². The first kappa shape index (κ1) is 20.7.